The van der Waals surface area contributed by atoms with Crippen molar-refractivity contribution < 1.29 is 26.1 Å². The average molecular weight is 580 g/mol. The number of aromatic nitrogens is 3. The predicted octanol–water partition coefficient (Wildman–Crippen LogP) is 7.22. The molecule has 6 nitrogen and oxygen atoms in total. The topological polar surface area (TPSA) is 78.0 Å². The summed E-state index contributed by atoms with van der Waals surface area (Å²) in [5, 5.41) is 3.83. The van der Waals surface area contributed by atoms with Crippen LogP contribution >= 0.6 is 23.2 Å². The number of imidazole rings is 1. The zero-order valence-corrected chi connectivity index (χ0v) is 21.9. The van der Waals surface area contributed by atoms with E-state index >= 15 is 0 Å². The van der Waals surface area contributed by atoms with E-state index in [1.807, 2.05) is 12.2 Å². The molecular weight excluding hydrogens is 562 g/mol. The van der Waals surface area contributed by atoms with Crippen LogP contribution in [0.1, 0.15) is 18.0 Å². The number of hydrogen-bond donors (Lipinski definition) is 0. The molecule has 0 saturated heterocycles. The Morgan fingerprint density at radius 2 is 1.82 bits per heavy atom. The van der Waals surface area contributed by atoms with Crippen LogP contribution in [0.25, 0.3) is 28.2 Å². The van der Waals surface area contributed by atoms with Crippen LogP contribution in [0.4, 0.5) is 13.2 Å². The van der Waals surface area contributed by atoms with Gasteiger partial charge in [0.25, 0.3) is 0 Å². The van der Waals surface area contributed by atoms with Crippen LogP contribution in [0, 0.1) is 0 Å². The lowest BCUT2D eigenvalue weighted by atomic mass is 9.98. The number of alkyl halides is 4. The molecule has 12 heteroatoms. The maximum absolute atomic E-state index is 13.1. The second-order valence-electron chi connectivity index (χ2n) is 8.71. The number of rotatable bonds is 5. The molecule has 0 N–H and O–H groups in total. The number of allylic oxidation sites excluding steroid dienone is 4. The average Bonchev–Trinajstić information content (AvgIpc) is 3.52. The van der Waals surface area contributed by atoms with Crippen LogP contribution in [0.3, 0.4) is 0 Å². The van der Waals surface area contributed by atoms with Crippen molar-refractivity contribution >= 4 is 33.0 Å². The Morgan fingerprint density at radius 3 is 2.45 bits per heavy atom. The molecule has 1 unspecified atom stereocenters. The molecule has 2 aromatic carbocycles. The Hall–Kier alpha value is -3.34. The van der Waals surface area contributed by atoms with Gasteiger partial charge in [-0.05, 0) is 41.8 Å². The lowest BCUT2D eigenvalue weighted by molar-refractivity contribution is -0.155. The van der Waals surface area contributed by atoms with Gasteiger partial charge in [0.15, 0.2) is 9.84 Å². The maximum atomic E-state index is 13.1. The highest BCUT2D eigenvalue weighted by Gasteiger charge is 2.37. The first-order valence-electron chi connectivity index (χ1n) is 11.1. The van der Waals surface area contributed by atoms with E-state index < -0.39 is 26.6 Å². The second-order valence-corrected chi connectivity index (χ2v) is 11.8. The molecule has 4 aromatic rings. The molecule has 1 atom stereocenters. The number of nitrogens with zero attached hydrogens (tertiary/aromatic N) is 3. The molecule has 2 heterocycles. The van der Waals surface area contributed by atoms with Gasteiger partial charge in [0, 0.05) is 18.5 Å². The first-order chi connectivity index (χ1) is 17.8. The Kier molecular flexibility index (Phi) is 6.53. The zero-order chi connectivity index (χ0) is 27.3. The predicted molar refractivity (Wildman–Crippen MR) is 138 cm³/mol. The van der Waals surface area contributed by atoms with Crippen LogP contribution < -0.4 is 0 Å². The van der Waals surface area contributed by atoms with Gasteiger partial charge in [-0.15, -0.1) is 11.6 Å². The third-order valence-electron chi connectivity index (χ3n) is 5.95. The normalized spacial score (nSPS) is 17.7. The van der Waals surface area contributed by atoms with E-state index in [0.717, 1.165) is 12.3 Å². The van der Waals surface area contributed by atoms with Gasteiger partial charge in [-0.2, -0.15) is 13.2 Å². The Labute approximate surface area is 225 Å². The lowest BCUT2D eigenvalue weighted by Crippen LogP contribution is -2.21. The van der Waals surface area contributed by atoms with E-state index in [1.54, 1.807) is 53.1 Å². The van der Waals surface area contributed by atoms with Crippen molar-refractivity contribution in [2.75, 3.05) is 6.26 Å². The molecule has 0 radical (unpaired) electrons. The summed E-state index contributed by atoms with van der Waals surface area (Å²) in [5.41, 5.74) is 1.77. The number of hydrogen-bond acceptors (Lipinski definition) is 5. The minimum absolute atomic E-state index is 0.113. The van der Waals surface area contributed by atoms with Crippen molar-refractivity contribution in [1.82, 2.24) is 14.7 Å². The van der Waals surface area contributed by atoms with Gasteiger partial charge in [-0.1, -0.05) is 59.3 Å². The van der Waals surface area contributed by atoms with Gasteiger partial charge in [-0.3, -0.25) is 4.57 Å². The summed E-state index contributed by atoms with van der Waals surface area (Å²) in [6.07, 6.45) is 5.47. The minimum atomic E-state index is -4.70. The van der Waals surface area contributed by atoms with Crippen LogP contribution in [-0.4, -0.2) is 29.4 Å². The summed E-state index contributed by atoms with van der Waals surface area (Å²) >= 11 is 13.6. The molecular formula is C26H18Cl2F3N3O3S. The van der Waals surface area contributed by atoms with Crippen LogP contribution in [0.2, 0.25) is 5.02 Å². The van der Waals surface area contributed by atoms with E-state index in [1.165, 1.54) is 12.3 Å². The Balaban J connectivity index is 1.62. The lowest BCUT2D eigenvalue weighted by Gasteiger charge is -2.24. The number of benzene rings is 2. The summed E-state index contributed by atoms with van der Waals surface area (Å²) < 4.78 is 69.3. The van der Waals surface area contributed by atoms with E-state index in [2.05, 4.69) is 14.7 Å². The molecule has 0 spiro atoms. The molecule has 0 bridgehead atoms. The van der Waals surface area contributed by atoms with Crippen molar-refractivity contribution in [3.63, 3.8) is 0 Å². The van der Waals surface area contributed by atoms with Crippen LogP contribution in [0.5, 0.6) is 0 Å². The highest BCUT2D eigenvalue weighted by atomic mass is 35.5. The molecule has 38 heavy (non-hydrogen) atoms. The van der Waals surface area contributed by atoms with Gasteiger partial charge in [0.05, 0.1) is 15.6 Å². The molecule has 196 valence electrons. The number of halogens is 5. The van der Waals surface area contributed by atoms with Gasteiger partial charge in [0.1, 0.15) is 22.1 Å². The summed E-state index contributed by atoms with van der Waals surface area (Å²) in [6, 6.07) is 12.3. The third-order valence-corrected chi connectivity index (χ3v) is 7.82. The SMILES string of the molecule is CS(=O)(=O)c1cccc(-c2ccc(-n3cc(-c4cc(C(F)(F)F)on4)nc3C3(Cl)C=CC=CC3)c(Cl)c2)c1. The van der Waals surface area contributed by atoms with E-state index in [-0.39, 0.29) is 21.3 Å². The largest absolute Gasteiger partial charge is 0.452 e. The number of sulfone groups is 1. The monoisotopic (exact) mass is 579 g/mol. The molecule has 0 aliphatic heterocycles. The van der Waals surface area contributed by atoms with Crippen molar-refractivity contribution in [1.29, 1.82) is 0 Å². The smallest absolute Gasteiger partial charge is 0.351 e. The summed E-state index contributed by atoms with van der Waals surface area (Å²) in [4.78, 5) is 3.61. The third kappa shape index (κ3) is 5.03. The fraction of sp³-hybridized carbons (Fsp3) is 0.154. The summed E-state index contributed by atoms with van der Waals surface area (Å²) in [5.74, 6) is -0.927. The highest BCUT2D eigenvalue weighted by Crippen LogP contribution is 2.41. The molecule has 1 aliphatic rings. The molecule has 0 saturated carbocycles. The fourth-order valence-corrected chi connectivity index (χ4v) is 5.29. The summed E-state index contributed by atoms with van der Waals surface area (Å²) in [6.45, 7) is 0. The zero-order valence-electron chi connectivity index (χ0n) is 19.6. The Morgan fingerprint density at radius 1 is 1.05 bits per heavy atom. The second kappa shape index (κ2) is 9.44. The highest BCUT2D eigenvalue weighted by molar-refractivity contribution is 7.90. The van der Waals surface area contributed by atoms with Crippen molar-refractivity contribution in [3.05, 3.63) is 95.6 Å². The minimum Gasteiger partial charge on any atom is -0.351 e. The Bertz CT molecular complexity index is 1710. The molecule has 2 aromatic heterocycles. The molecule has 5 rings (SSSR count). The first kappa shape index (κ1) is 26.3. The fourth-order valence-electron chi connectivity index (χ4n) is 4.06. The molecule has 0 amide bonds. The van der Waals surface area contributed by atoms with Crippen LogP contribution in [-0.2, 0) is 20.9 Å². The first-order valence-corrected chi connectivity index (χ1v) is 13.8. The van der Waals surface area contributed by atoms with Gasteiger partial charge < -0.3 is 4.52 Å². The standard InChI is InChI=1S/C26H18Cl2F3N3O3S/c1-38(35,36)18-7-5-6-16(12-18)17-8-9-22(19(27)13-17)34-15-21(20-14-23(37-33-20)26(29,30)31)32-24(34)25(28)10-3-2-4-11-25/h2-10,12-15H,11H2,1H3. The van der Waals surface area contributed by atoms with Gasteiger partial charge in [-0.25, -0.2) is 13.4 Å². The van der Waals surface area contributed by atoms with Gasteiger partial charge >= 0.3 is 6.18 Å². The molecule has 1 aliphatic carbocycles. The van der Waals surface area contributed by atoms with E-state index in [4.69, 9.17) is 23.2 Å². The van der Waals surface area contributed by atoms with Crippen molar-refractivity contribution in [2.24, 2.45) is 0 Å². The summed E-state index contributed by atoms with van der Waals surface area (Å²) in [7, 11) is -3.41. The van der Waals surface area contributed by atoms with Crippen LogP contribution in [0.15, 0.2) is 88.5 Å². The van der Waals surface area contributed by atoms with Gasteiger partial charge in [0.2, 0.25) is 5.76 Å². The van der Waals surface area contributed by atoms with E-state index in [9.17, 15) is 21.6 Å². The maximum Gasteiger partial charge on any atom is 0.452 e. The van der Waals surface area contributed by atoms with E-state index in [0.29, 0.717) is 29.1 Å². The quantitative estimate of drug-likeness (QED) is 0.233. The molecule has 0 fully saturated rings. The van der Waals surface area contributed by atoms with Crippen molar-refractivity contribution in [3.8, 4) is 28.2 Å². The van der Waals surface area contributed by atoms with Crippen molar-refractivity contribution in [2.45, 2.75) is 22.4 Å².